The van der Waals surface area contributed by atoms with Crippen LogP contribution >= 0.6 is 33.0 Å². The average Bonchev–Trinajstić information content (AvgIpc) is 2.69. The minimum absolute atomic E-state index is 0.310. The first-order chi connectivity index (χ1) is 14.2. The van der Waals surface area contributed by atoms with Crippen LogP contribution in [0.5, 0.6) is 0 Å². The highest BCUT2D eigenvalue weighted by Gasteiger charge is 2.44. The largest absolute Gasteiger partial charge is 0.522 e. The summed E-state index contributed by atoms with van der Waals surface area (Å²) in [6.45, 7) is 14.4. The van der Waals surface area contributed by atoms with Crippen molar-refractivity contribution in [2.75, 3.05) is 55.5 Å². The molecule has 0 aliphatic rings. The average molecular weight is 547 g/mol. The van der Waals surface area contributed by atoms with E-state index in [9.17, 15) is 13.2 Å². The van der Waals surface area contributed by atoms with E-state index in [4.69, 9.17) is 13.0 Å². The molecule has 1 N–H and O–H groups in total. The lowest BCUT2D eigenvalue weighted by Gasteiger charge is -2.34. The van der Waals surface area contributed by atoms with E-state index in [2.05, 4.69) is 50.8 Å². The summed E-state index contributed by atoms with van der Waals surface area (Å²) in [5.41, 5.74) is -5.53. The molecule has 0 fully saturated rings. The number of hydrogen-bond acceptors (Lipinski definition) is 2. The summed E-state index contributed by atoms with van der Waals surface area (Å²) >= 11 is 0. The summed E-state index contributed by atoms with van der Waals surface area (Å²) in [5, 5.41) is 0.556. The first-order valence-electron chi connectivity index (χ1n) is 11.2. The minimum Gasteiger partial charge on any atom is -0.279 e. The van der Waals surface area contributed by atoms with Crippen molar-refractivity contribution in [2.24, 2.45) is 0 Å². The fourth-order valence-electron chi connectivity index (χ4n) is 3.14. The Kier molecular flexibility index (Phi) is 19.9. The molecule has 0 heterocycles. The normalized spacial score (nSPS) is 13.1. The number of halogens is 3. The number of alkyl halides is 3. The summed E-state index contributed by atoms with van der Waals surface area (Å²) in [4.78, 5) is 0. The van der Waals surface area contributed by atoms with Gasteiger partial charge in [0.2, 0.25) is 0 Å². The lowest BCUT2D eigenvalue weighted by Crippen LogP contribution is -2.25. The molecule has 0 radical (unpaired) electrons. The molecule has 0 saturated heterocycles. The highest BCUT2D eigenvalue weighted by molar-refractivity contribution is 7.86. The Hall–Kier alpha value is 1.42. The Morgan fingerprint density at radius 2 is 0.871 bits per heavy atom. The second kappa shape index (κ2) is 17.8. The van der Waals surface area contributed by atoms with E-state index in [1.807, 2.05) is 0 Å². The van der Waals surface area contributed by atoms with Crippen LogP contribution in [0.1, 0.15) is 60.8 Å². The van der Waals surface area contributed by atoms with Crippen LogP contribution in [0, 0.1) is 0 Å². The Labute approximate surface area is 196 Å². The summed E-state index contributed by atoms with van der Waals surface area (Å²) < 4.78 is 57.5. The summed E-state index contributed by atoms with van der Waals surface area (Å²) in [5.74, 6) is 0. The SMILES string of the molecule is CCP(CC)CCC(P)(CCP(CC)CC)CCP(CC)CC.O=S(=O)(O)C(F)(F)F. The molecule has 0 rings (SSSR count). The Morgan fingerprint density at radius 1 is 0.677 bits per heavy atom. The van der Waals surface area contributed by atoms with Crippen molar-refractivity contribution in [1.82, 2.24) is 0 Å². The highest BCUT2D eigenvalue weighted by atomic mass is 32.2. The van der Waals surface area contributed by atoms with Crippen LogP contribution in [0.15, 0.2) is 0 Å². The lowest BCUT2D eigenvalue weighted by atomic mass is 9.99. The summed E-state index contributed by atoms with van der Waals surface area (Å²) in [6.07, 6.45) is 17.5. The second-order valence-electron chi connectivity index (χ2n) is 7.61. The molecule has 0 aliphatic heterocycles. The third-order valence-electron chi connectivity index (χ3n) is 5.75. The molecule has 0 bridgehead atoms. The van der Waals surface area contributed by atoms with Crippen molar-refractivity contribution in [3.63, 3.8) is 0 Å². The molecule has 31 heavy (non-hydrogen) atoms. The molecule has 0 spiro atoms. The number of rotatable bonds is 15. The van der Waals surface area contributed by atoms with E-state index in [1.165, 1.54) is 74.7 Å². The molecule has 190 valence electrons. The first kappa shape index (κ1) is 34.6. The molecule has 0 amide bonds. The maximum atomic E-state index is 10.7. The molecule has 0 aromatic rings. The highest BCUT2D eigenvalue weighted by Crippen LogP contribution is 2.47. The standard InChI is InChI=1S/C19H44P4.CHF3O3S/c1-7-21(8-2)16-13-19(20,14-17-22(9-3)10-4)15-18-23(11-5)12-6;2-1(3,4)8(5,6)7/h7-18,20H2,1-6H3;(H,5,6,7). The molecule has 11 heteroatoms. The predicted molar refractivity (Wildman–Crippen MR) is 143 cm³/mol. The first-order valence-corrected chi connectivity index (χ1v) is 18.9. The molecular weight excluding hydrogens is 501 g/mol. The van der Waals surface area contributed by atoms with Crippen LogP contribution in [0.25, 0.3) is 0 Å². The third kappa shape index (κ3) is 16.6. The molecule has 1 atom stereocenters. The van der Waals surface area contributed by atoms with Crippen LogP contribution in [-0.2, 0) is 10.1 Å². The van der Waals surface area contributed by atoms with Crippen molar-refractivity contribution >= 4 is 43.1 Å². The van der Waals surface area contributed by atoms with Crippen molar-refractivity contribution in [3.05, 3.63) is 0 Å². The lowest BCUT2D eigenvalue weighted by molar-refractivity contribution is -0.0510. The third-order valence-corrected chi connectivity index (χ3v) is 15.1. The van der Waals surface area contributed by atoms with Gasteiger partial charge in [0.1, 0.15) is 0 Å². The van der Waals surface area contributed by atoms with Gasteiger partial charge in [-0.3, -0.25) is 4.55 Å². The molecule has 3 nitrogen and oxygen atoms in total. The van der Waals surface area contributed by atoms with Crippen LogP contribution in [0.2, 0.25) is 0 Å². The van der Waals surface area contributed by atoms with E-state index in [0.717, 1.165) is 0 Å². The summed E-state index contributed by atoms with van der Waals surface area (Å²) in [7, 11) is -1.54. The Morgan fingerprint density at radius 3 is 1.00 bits per heavy atom. The van der Waals surface area contributed by atoms with E-state index >= 15 is 0 Å². The van der Waals surface area contributed by atoms with Gasteiger partial charge in [-0.1, -0.05) is 41.5 Å². The van der Waals surface area contributed by atoms with E-state index < -0.39 is 15.6 Å². The van der Waals surface area contributed by atoms with Crippen LogP contribution in [0.3, 0.4) is 0 Å². The van der Waals surface area contributed by atoms with Crippen molar-refractivity contribution in [1.29, 1.82) is 0 Å². The smallest absolute Gasteiger partial charge is 0.279 e. The van der Waals surface area contributed by atoms with Gasteiger partial charge in [-0.05, 0) is 79.9 Å². The van der Waals surface area contributed by atoms with Crippen molar-refractivity contribution < 1.29 is 26.1 Å². The van der Waals surface area contributed by atoms with Crippen LogP contribution in [0.4, 0.5) is 13.2 Å². The molecule has 0 saturated carbocycles. The van der Waals surface area contributed by atoms with E-state index in [0.29, 0.717) is 28.9 Å². The maximum absolute atomic E-state index is 10.7. The van der Waals surface area contributed by atoms with Gasteiger partial charge in [0.25, 0.3) is 0 Å². The minimum atomic E-state index is -5.84. The molecule has 0 aromatic heterocycles. The fourth-order valence-corrected chi connectivity index (χ4v) is 9.82. The Bertz CT molecular complexity index is 495. The zero-order chi connectivity index (χ0) is 24.7. The van der Waals surface area contributed by atoms with Crippen LogP contribution in [-0.4, -0.2) is 79.1 Å². The quantitative estimate of drug-likeness (QED) is 0.130. The fraction of sp³-hybridized carbons (Fsp3) is 1.00. The topological polar surface area (TPSA) is 54.4 Å². The van der Waals surface area contributed by atoms with E-state index in [1.54, 1.807) is 0 Å². The molecule has 1 unspecified atom stereocenters. The zero-order valence-corrected chi connectivity index (χ0v) is 24.9. The van der Waals surface area contributed by atoms with Gasteiger partial charge in [-0.25, -0.2) is 0 Å². The van der Waals surface area contributed by atoms with Gasteiger partial charge < -0.3 is 0 Å². The zero-order valence-electron chi connectivity index (χ0n) is 20.2. The predicted octanol–water partition coefficient (Wildman–Crippen LogP) is 7.73. The molecular formula is C20H45F3O3P4S. The molecule has 0 aromatic carbocycles. The number of hydrogen-bond donors (Lipinski definition) is 1. The second-order valence-corrected chi connectivity index (χ2v) is 19.4. The van der Waals surface area contributed by atoms with Crippen molar-refractivity contribution in [3.8, 4) is 0 Å². The monoisotopic (exact) mass is 546 g/mol. The Balaban J connectivity index is 0. The van der Waals surface area contributed by atoms with Gasteiger partial charge >= 0.3 is 15.6 Å². The van der Waals surface area contributed by atoms with Gasteiger partial charge in [0, 0.05) is 0 Å². The van der Waals surface area contributed by atoms with E-state index in [-0.39, 0.29) is 0 Å². The summed E-state index contributed by atoms with van der Waals surface area (Å²) in [6, 6.07) is 0. The van der Waals surface area contributed by atoms with Crippen molar-refractivity contribution in [2.45, 2.75) is 71.5 Å². The van der Waals surface area contributed by atoms with Gasteiger partial charge in [0.15, 0.2) is 0 Å². The van der Waals surface area contributed by atoms with Crippen LogP contribution < -0.4 is 0 Å². The van der Waals surface area contributed by atoms with Gasteiger partial charge in [-0.15, -0.1) is 33.0 Å². The maximum Gasteiger partial charge on any atom is 0.522 e. The molecule has 0 aliphatic carbocycles. The van der Waals surface area contributed by atoms with Gasteiger partial charge in [0.05, 0.1) is 0 Å². The van der Waals surface area contributed by atoms with Gasteiger partial charge in [-0.2, -0.15) is 21.6 Å².